The predicted octanol–water partition coefficient (Wildman–Crippen LogP) is 4.77. The molecule has 9 heteroatoms. The summed E-state index contributed by atoms with van der Waals surface area (Å²) in [5.41, 5.74) is 3.08. The highest BCUT2D eigenvalue weighted by Crippen LogP contribution is 2.38. The van der Waals surface area contributed by atoms with Crippen LogP contribution in [-0.4, -0.2) is 33.9 Å². The Hall–Kier alpha value is -2.81. The molecule has 176 valence electrons. The SMILES string of the molecule is CCCn1cc(-n2cc(-c3ccc(S(=O)(=O)C4CCC(F)(F)CC4)cc3C)cn2)ccc1=O. The van der Waals surface area contributed by atoms with Gasteiger partial charge in [0, 0.05) is 43.4 Å². The van der Waals surface area contributed by atoms with E-state index in [-0.39, 0.29) is 23.3 Å². The van der Waals surface area contributed by atoms with E-state index in [0.29, 0.717) is 6.54 Å². The van der Waals surface area contributed by atoms with E-state index in [0.717, 1.165) is 28.8 Å². The van der Waals surface area contributed by atoms with Gasteiger partial charge in [0.1, 0.15) is 0 Å². The average Bonchev–Trinajstić information content (AvgIpc) is 3.25. The summed E-state index contributed by atoms with van der Waals surface area (Å²) in [6, 6.07) is 8.11. The molecule has 0 saturated heterocycles. The monoisotopic (exact) mass is 475 g/mol. The number of sulfone groups is 1. The first kappa shape index (κ1) is 23.4. The lowest BCUT2D eigenvalue weighted by molar-refractivity contribution is -0.0328. The standard InChI is InChI=1S/C24H27F2N3O3S/c1-3-12-28-16-19(4-7-23(28)30)29-15-18(14-27-29)22-6-5-21(13-17(22)2)33(31,32)20-8-10-24(25,26)11-9-20/h4-7,13-16,20H,3,8-12H2,1-2H3. The summed E-state index contributed by atoms with van der Waals surface area (Å²) in [5.74, 6) is -2.77. The topological polar surface area (TPSA) is 74.0 Å². The van der Waals surface area contributed by atoms with E-state index in [1.165, 1.54) is 6.07 Å². The number of benzene rings is 1. The summed E-state index contributed by atoms with van der Waals surface area (Å²) in [6.07, 6.45) is 5.29. The molecular weight excluding hydrogens is 448 g/mol. The second kappa shape index (κ2) is 8.85. The van der Waals surface area contributed by atoms with Gasteiger partial charge in [-0.2, -0.15) is 5.10 Å². The quantitative estimate of drug-likeness (QED) is 0.515. The van der Waals surface area contributed by atoms with Crippen molar-refractivity contribution in [2.45, 2.75) is 68.6 Å². The van der Waals surface area contributed by atoms with Crippen molar-refractivity contribution in [3.63, 3.8) is 0 Å². The summed E-state index contributed by atoms with van der Waals surface area (Å²) < 4.78 is 56.3. The van der Waals surface area contributed by atoms with Crippen LogP contribution in [0.1, 0.15) is 44.6 Å². The molecule has 2 heterocycles. The molecule has 0 aliphatic heterocycles. The summed E-state index contributed by atoms with van der Waals surface area (Å²) in [6.45, 7) is 4.44. The highest BCUT2D eigenvalue weighted by atomic mass is 32.2. The van der Waals surface area contributed by atoms with Gasteiger partial charge in [-0.3, -0.25) is 4.79 Å². The summed E-state index contributed by atoms with van der Waals surface area (Å²) in [7, 11) is -3.67. The Labute approximate surface area is 191 Å². The van der Waals surface area contributed by atoms with Crippen molar-refractivity contribution in [2.75, 3.05) is 0 Å². The average molecular weight is 476 g/mol. The van der Waals surface area contributed by atoms with Crippen molar-refractivity contribution in [1.29, 1.82) is 0 Å². The minimum Gasteiger partial charge on any atom is -0.313 e. The number of nitrogens with zero attached hydrogens (tertiary/aromatic N) is 3. The molecule has 1 aromatic carbocycles. The van der Waals surface area contributed by atoms with Crippen LogP contribution in [0.25, 0.3) is 16.8 Å². The summed E-state index contributed by atoms with van der Waals surface area (Å²) >= 11 is 0. The lowest BCUT2D eigenvalue weighted by Gasteiger charge is -2.28. The maximum absolute atomic E-state index is 13.5. The highest BCUT2D eigenvalue weighted by Gasteiger charge is 2.40. The minimum atomic E-state index is -3.67. The fourth-order valence-electron chi connectivity index (χ4n) is 4.33. The molecule has 0 radical (unpaired) electrons. The molecule has 2 aromatic heterocycles. The molecule has 1 fully saturated rings. The number of halogens is 2. The first-order valence-corrected chi connectivity index (χ1v) is 12.6. The zero-order chi connectivity index (χ0) is 23.8. The second-order valence-corrected chi connectivity index (χ2v) is 10.9. The third-order valence-corrected chi connectivity index (χ3v) is 8.48. The normalized spacial score (nSPS) is 16.7. The van der Waals surface area contributed by atoms with Crippen LogP contribution in [0.15, 0.2) is 58.6 Å². The molecule has 3 aromatic rings. The fourth-order valence-corrected chi connectivity index (χ4v) is 6.17. The zero-order valence-electron chi connectivity index (χ0n) is 18.7. The zero-order valence-corrected chi connectivity index (χ0v) is 19.5. The van der Waals surface area contributed by atoms with E-state index in [4.69, 9.17) is 0 Å². The van der Waals surface area contributed by atoms with Gasteiger partial charge in [-0.05, 0) is 55.5 Å². The molecular formula is C24H27F2N3O3S. The van der Waals surface area contributed by atoms with Gasteiger partial charge in [-0.25, -0.2) is 21.9 Å². The van der Waals surface area contributed by atoms with Crippen LogP contribution >= 0.6 is 0 Å². The van der Waals surface area contributed by atoms with E-state index in [9.17, 15) is 22.0 Å². The number of aryl methyl sites for hydroxylation is 2. The van der Waals surface area contributed by atoms with Crippen molar-refractivity contribution in [3.8, 4) is 16.8 Å². The fraction of sp³-hybridized carbons (Fsp3) is 0.417. The van der Waals surface area contributed by atoms with Crippen LogP contribution in [0.4, 0.5) is 8.78 Å². The minimum absolute atomic E-state index is 0.0247. The lowest BCUT2D eigenvalue weighted by Crippen LogP contribution is -2.32. The molecule has 0 unspecified atom stereocenters. The van der Waals surface area contributed by atoms with Crippen molar-refractivity contribution in [3.05, 3.63) is 64.8 Å². The highest BCUT2D eigenvalue weighted by molar-refractivity contribution is 7.92. The molecule has 0 atom stereocenters. The Balaban J connectivity index is 1.59. The Morgan fingerprint density at radius 3 is 2.52 bits per heavy atom. The molecule has 4 rings (SSSR count). The molecule has 0 N–H and O–H groups in total. The van der Waals surface area contributed by atoms with Crippen molar-refractivity contribution >= 4 is 9.84 Å². The molecule has 1 saturated carbocycles. The van der Waals surface area contributed by atoms with Crippen LogP contribution < -0.4 is 5.56 Å². The van der Waals surface area contributed by atoms with E-state index >= 15 is 0 Å². The summed E-state index contributed by atoms with van der Waals surface area (Å²) in [5, 5.41) is 3.63. The smallest absolute Gasteiger partial charge is 0.250 e. The Kier molecular flexibility index (Phi) is 6.26. The Bertz CT molecular complexity index is 1320. The van der Waals surface area contributed by atoms with Crippen LogP contribution in [-0.2, 0) is 16.4 Å². The van der Waals surface area contributed by atoms with Crippen molar-refractivity contribution < 1.29 is 17.2 Å². The predicted molar refractivity (Wildman–Crippen MR) is 123 cm³/mol. The number of pyridine rings is 1. The second-order valence-electron chi connectivity index (χ2n) is 8.67. The lowest BCUT2D eigenvalue weighted by atomic mass is 9.96. The first-order chi connectivity index (χ1) is 15.6. The molecule has 0 amide bonds. The van der Waals surface area contributed by atoms with Gasteiger partial charge in [-0.1, -0.05) is 13.0 Å². The van der Waals surface area contributed by atoms with Crippen molar-refractivity contribution in [1.82, 2.24) is 14.3 Å². The Morgan fingerprint density at radius 1 is 1.12 bits per heavy atom. The first-order valence-electron chi connectivity index (χ1n) is 11.1. The number of aromatic nitrogens is 3. The van der Waals surface area contributed by atoms with E-state index in [1.807, 2.05) is 20.0 Å². The van der Waals surface area contributed by atoms with Gasteiger partial charge < -0.3 is 4.57 Å². The van der Waals surface area contributed by atoms with E-state index in [1.54, 1.807) is 45.9 Å². The molecule has 33 heavy (non-hydrogen) atoms. The van der Waals surface area contributed by atoms with Crippen LogP contribution in [0.5, 0.6) is 0 Å². The van der Waals surface area contributed by atoms with Crippen LogP contribution in [0.3, 0.4) is 0 Å². The van der Waals surface area contributed by atoms with E-state index < -0.39 is 33.9 Å². The molecule has 6 nitrogen and oxygen atoms in total. The summed E-state index contributed by atoms with van der Waals surface area (Å²) in [4.78, 5) is 12.1. The maximum Gasteiger partial charge on any atom is 0.250 e. The van der Waals surface area contributed by atoms with Gasteiger partial charge >= 0.3 is 0 Å². The van der Waals surface area contributed by atoms with E-state index in [2.05, 4.69) is 5.10 Å². The molecule has 0 spiro atoms. The molecule has 1 aliphatic rings. The third-order valence-electron chi connectivity index (χ3n) is 6.22. The van der Waals surface area contributed by atoms with Gasteiger partial charge in [0.05, 0.1) is 22.0 Å². The van der Waals surface area contributed by atoms with Gasteiger partial charge in [0.25, 0.3) is 5.56 Å². The third kappa shape index (κ3) is 4.78. The van der Waals surface area contributed by atoms with Gasteiger partial charge in [-0.15, -0.1) is 0 Å². The number of hydrogen-bond acceptors (Lipinski definition) is 4. The number of hydrogen-bond donors (Lipinski definition) is 0. The largest absolute Gasteiger partial charge is 0.313 e. The van der Waals surface area contributed by atoms with Crippen LogP contribution in [0, 0.1) is 6.92 Å². The molecule has 0 bridgehead atoms. The maximum atomic E-state index is 13.5. The van der Waals surface area contributed by atoms with Crippen molar-refractivity contribution in [2.24, 2.45) is 0 Å². The molecule has 1 aliphatic carbocycles. The number of rotatable bonds is 6. The number of alkyl halides is 2. The van der Waals surface area contributed by atoms with Crippen LogP contribution in [0.2, 0.25) is 0 Å². The van der Waals surface area contributed by atoms with Gasteiger partial charge in [0.2, 0.25) is 5.92 Å². The van der Waals surface area contributed by atoms with Gasteiger partial charge in [0.15, 0.2) is 9.84 Å². The Morgan fingerprint density at radius 2 is 1.85 bits per heavy atom.